The van der Waals surface area contributed by atoms with Crippen LogP contribution in [-0.2, 0) is 13.1 Å². The molecule has 2 aromatic carbocycles. The summed E-state index contributed by atoms with van der Waals surface area (Å²) in [5.74, 6) is 0.394. The third-order valence-corrected chi connectivity index (χ3v) is 5.33. The predicted molar refractivity (Wildman–Crippen MR) is 103 cm³/mol. The maximum absolute atomic E-state index is 10.2. The highest BCUT2D eigenvalue weighted by atomic mass is 16.3. The number of imidazole rings is 1. The van der Waals surface area contributed by atoms with Crippen molar-refractivity contribution >= 4 is 0 Å². The molecule has 0 spiro atoms. The van der Waals surface area contributed by atoms with Crippen LogP contribution >= 0.6 is 0 Å². The second-order valence-electron chi connectivity index (χ2n) is 7.11. The molecule has 26 heavy (non-hydrogen) atoms. The van der Waals surface area contributed by atoms with Gasteiger partial charge < -0.3 is 9.67 Å². The van der Waals surface area contributed by atoms with Crippen molar-refractivity contribution in [2.75, 3.05) is 0 Å². The van der Waals surface area contributed by atoms with Crippen LogP contribution in [0.25, 0.3) is 5.69 Å². The fraction of sp³-hybridized carbons (Fsp3) is 0.318. The van der Waals surface area contributed by atoms with Crippen molar-refractivity contribution in [2.24, 2.45) is 0 Å². The zero-order valence-electron chi connectivity index (χ0n) is 15.0. The molecule has 0 amide bonds. The molecule has 0 atom stereocenters. The van der Waals surface area contributed by atoms with Crippen LogP contribution in [0, 0.1) is 0 Å². The number of benzene rings is 2. The summed E-state index contributed by atoms with van der Waals surface area (Å²) in [4.78, 5) is 6.63. The number of nitrogens with zero attached hydrogens (tertiary/aromatic N) is 3. The summed E-state index contributed by atoms with van der Waals surface area (Å²) >= 11 is 0. The van der Waals surface area contributed by atoms with Crippen LogP contribution < -0.4 is 0 Å². The summed E-state index contributed by atoms with van der Waals surface area (Å²) in [6.07, 6.45) is 10.7. The van der Waals surface area contributed by atoms with Gasteiger partial charge in [0.2, 0.25) is 0 Å². The Hall–Kier alpha value is -2.59. The number of hydrogen-bond donors (Lipinski definition) is 1. The molecule has 4 rings (SSSR count). The number of aromatic nitrogens is 2. The van der Waals surface area contributed by atoms with Gasteiger partial charge in [-0.2, -0.15) is 0 Å². The summed E-state index contributed by atoms with van der Waals surface area (Å²) in [5.41, 5.74) is 3.44. The van der Waals surface area contributed by atoms with Gasteiger partial charge in [0.25, 0.3) is 0 Å². The van der Waals surface area contributed by atoms with Gasteiger partial charge in [-0.25, -0.2) is 4.98 Å². The van der Waals surface area contributed by atoms with Crippen molar-refractivity contribution in [1.29, 1.82) is 0 Å². The maximum Gasteiger partial charge on any atom is 0.120 e. The van der Waals surface area contributed by atoms with Gasteiger partial charge in [-0.15, -0.1) is 0 Å². The summed E-state index contributed by atoms with van der Waals surface area (Å²) in [7, 11) is 0. The van der Waals surface area contributed by atoms with Crippen LogP contribution in [0.5, 0.6) is 5.75 Å². The third-order valence-electron chi connectivity index (χ3n) is 5.33. The molecule has 1 aliphatic carbocycles. The predicted octanol–water partition coefficient (Wildman–Crippen LogP) is 4.52. The van der Waals surface area contributed by atoms with Gasteiger partial charge in [-0.05, 0) is 36.6 Å². The SMILES string of the molecule is Oc1ccccc1CN(Cc1ccc(-n2ccnc2)cc1)C1CCCC1. The van der Waals surface area contributed by atoms with Crippen molar-refractivity contribution in [2.45, 2.75) is 44.8 Å². The molecule has 1 fully saturated rings. The van der Waals surface area contributed by atoms with Crippen LogP contribution in [0.2, 0.25) is 0 Å². The maximum atomic E-state index is 10.2. The van der Waals surface area contributed by atoms with Crippen LogP contribution in [-0.4, -0.2) is 25.6 Å². The van der Waals surface area contributed by atoms with Crippen molar-refractivity contribution in [3.63, 3.8) is 0 Å². The molecule has 0 radical (unpaired) electrons. The van der Waals surface area contributed by atoms with Crippen LogP contribution in [0.15, 0.2) is 67.3 Å². The van der Waals surface area contributed by atoms with Crippen LogP contribution in [0.4, 0.5) is 0 Å². The summed E-state index contributed by atoms with van der Waals surface area (Å²) in [6, 6.07) is 17.0. The Morgan fingerprint density at radius 2 is 1.77 bits per heavy atom. The molecule has 4 heteroatoms. The van der Waals surface area contributed by atoms with E-state index in [1.165, 1.54) is 31.2 Å². The lowest BCUT2D eigenvalue weighted by atomic mass is 10.1. The van der Waals surface area contributed by atoms with E-state index < -0.39 is 0 Å². The van der Waals surface area contributed by atoms with Gasteiger partial charge in [0, 0.05) is 42.8 Å². The quantitative estimate of drug-likeness (QED) is 0.713. The second kappa shape index (κ2) is 7.75. The lowest BCUT2D eigenvalue weighted by Crippen LogP contribution is -2.32. The van der Waals surface area contributed by atoms with Crippen molar-refractivity contribution in [3.05, 3.63) is 78.4 Å². The minimum atomic E-state index is 0.394. The van der Waals surface area contributed by atoms with Gasteiger partial charge in [0.1, 0.15) is 5.75 Å². The van der Waals surface area contributed by atoms with Gasteiger partial charge in [0.15, 0.2) is 0 Å². The number of phenols is 1. The average Bonchev–Trinajstić information content (AvgIpc) is 3.38. The summed E-state index contributed by atoms with van der Waals surface area (Å²) in [6.45, 7) is 1.70. The molecule has 0 aliphatic heterocycles. The number of aromatic hydroxyl groups is 1. The number of rotatable bonds is 6. The molecule has 134 valence electrons. The molecule has 1 N–H and O–H groups in total. The first-order chi connectivity index (χ1) is 12.8. The van der Waals surface area contributed by atoms with E-state index >= 15 is 0 Å². The van der Waals surface area contributed by atoms with E-state index in [1.54, 1.807) is 12.3 Å². The average molecular weight is 347 g/mol. The molecule has 0 unspecified atom stereocenters. The zero-order chi connectivity index (χ0) is 17.8. The Labute approximate surface area is 154 Å². The lowest BCUT2D eigenvalue weighted by molar-refractivity contribution is 0.178. The second-order valence-corrected chi connectivity index (χ2v) is 7.11. The molecule has 4 nitrogen and oxygen atoms in total. The van der Waals surface area contributed by atoms with Crippen LogP contribution in [0.3, 0.4) is 0 Å². The van der Waals surface area contributed by atoms with E-state index in [-0.39, 0.29) is 0 Å². The molecular formula is C22H25N3O. The first-order valence-electron chi connectivity index (χ1n) is 9.38. The highest BCUT2D eigenvalue weighted by Gasteiger charge is 2.23. The molecule has 1 aliphatic rings. The highest BCUT2D eigenvalue weighted by molar-refractivity contribution is 5.35. The molecule has 3 aromatic rings. The topological polar surface area (TPSA) is 41.3 Å². The van der Waals surface area contributed by atoms with Gasteiger partial charge in [0.05, 0.1) is 6.33 Å². The van der Waals surface area contributed by atoms with E-state index in [9.17, 15) is 5.11 Å². The first-order valence-corrected chi connectivity index (χ1v) is 9.38. The first kappa shape index (κ1) is 16.9. The smallest absolute Gasteiger partial charge is 0.120 e. The normalized spacial score (nSPS) is 15.0. The molecule has 1 saturated carbocycles. The standard InChI is InChI=1S/C22H25N3O/c26-22-8-4-1-5-19(22)16-25(20-6-2-3-7-20)15-18-9-11-21(12-10-18)24-14-13-23-17-24/h1,4-5,8-14,17,20,26H,2-3,6-7,15-16H2. The molecule has 0 bridgehead atoms. The summed E-state index contributed by atoms with van der Waals surface area (Å²) in [5, 5.41) is 10.2. The number of hydrogen-bond acceptors (Lipinski definition) is 3. The Kier molecular flexibility index (Phi) is 5.02. The van der Waals surface area contributed by atoms with Crippen LogP contribution in [0.1, 0.15) is 36.8 Å². The van der Waals surface area contributed by atoms with Crippen molar-refractivity contribution < 1.29 is 5.11 Å². The van der Waals surface area contributed by atoms with Gasteiger partial charge >= 0.3 is 0 Å². The van der Waals surface area contributed by atoms with E-state index in [0.717, 1.165) is 24.3 Å². The van der Waals surface area contributed by atoms with E-state index in [4.69, 9.17) is 0 Å². The molecule has 1 aromatic heterocycles. The monoisotopic (exact) mass is 347 g/mol. The van der Waals surface area contributed by atoms with Gasteiger partial charge in [-0.1, -0.05) is 43.2 Å². The number of para-hydroxylation sites is 1. The number of phenolic OH excluding ortho intramolecular Hbond substituents is 1. The minimum absolute atomic E-state index is 0.394. The zero-order valence-corrected chi connectivity index (χ0v) is 15.0. The largest absolute Gasteiger partial charge is 0.508 e. The highest BCUT2D eigenvalue weighted by Crippen LogP contribution is 2.28. The lowest BCUT2D eigenvalue weighted by Gasteiger charge is -2.29. The fourth-order valence-electron chi connectivity index (χ4n) is 3.87. The molecule has 1 heterocycles. The molecule has 0 saturated heterocycles. The third kappa shape index (κ3) is 3.81. The molecular weight excluding hydrogens is 322 g/mol. The Balaban J connectivity index is 1.52. The Morgan fingerprint density at radius 1 is 1.00 bits per heavy atom. The van der Waals surface area contributed by atoms with Crippen molar-refractivity contribution in [3.8, 4) is 11.4 Å². The van der Waals surface area contributed by atoms with Gasteiger partial charge in [-0.3, -0.25) is 4.90 Å². The fourth-order valence-corrected chi connectivity index (χ4v) is 3.87. The Morgan fingerprint density at radius 3 is 2.46 bits per heavy atom. The van der Waals surface area contributed by atoms with Crippen molar-refractivity contribution in [1.82, 2.24) is 14.5 Å². The van der Waals surface area contributed by atoms with E-state index in [0.29, 0.717) is 11.8 Å². The Bertz CT molecular complexity index is 821. The van der Waals surface area contributed by atoms with E-state index in [1.807, 2.05) is 35.3 Å². The minimum Gasteiger partial charge on any atom is -0.508 e. The van der Waals surface area contributed by atoms with E-state index in [2.05, 4.69) is 34.1 Å². The summed E-state index contributed by atoms with van der Waals surface area (Å²) < 4.78 is 2.01.